The summed E-state index contributed by atoms with van der Waals surface area (Å²) in [5.74, 6) is -2.32. The number of carbonyl (C=O) groups excluding carboxylic acids is 3. The monoisotopic (exact) mass is 383 g/mol. The average molecular weight is 383 g/mol. The molecule has 1 unspecified atom stereocenters. The summed E-state index contributed by atoms with van der Waals surface area (Å²) < 4.78 is 24.3. The minimum atomic E-state index is -1.13. The first-order valence-electron chi connectivity index (χ1n) is 8.58. The van der Waals surface area contributed by atoms with E-state index in [0.717, 1.165) is 0 Å². The number of halogens is 1. The number of carbonyl (C=O) groups is 3. The molecule has 3 aromatic rings. The maximum absolute atomic E-state index is 13.8. The van der Waals surface area contributed by atoms with Crippen LogP contribution < -0.4 is 5.32 Å². The van der Waals surface area contributed by atoms with E-state index in [1.54, 1.807) is 31.2 Å². The Morgan fingerprint density at radius 1 is 1.14 bits per heavy atom. The number of ether oxygens (including phenoxy) is 1. The number of hydrogen-bond acceptors (Lipinski definition) is 5. The molecular weight excluding hydrogens is 365 g/mol. The molecule has 0 aliphatic carbocycles. The van der Waals surface area contributed by atoms with Gasteiger partial charge in [-0.1, -0.05) is 24.3 Å². The van der Waals surface area contributed by atoms with Crippen molar-refractivity contribution in [1.29, 1.82) is 0 Å². The van der Waals surface area contributed by atoms with Gasteiger partial charge in [-0.2, -0.15) is 0 Å². The van der Waals surface area contributed by atoms with Gasteiger partial charge in [0.2, 0.25) is 5.76 Å². The molecule has 0 bridgehead atoms. The topological polar surface area (TPSA) is 85.6 Å². The van der Waals surface area contributed by atoms with E-state index in [-0.39, 0.29) is 17.1 Å². The molecule has 1 N–H and O–H groups in total. The normalized spacial score (nSPS) is 11.9. The lowest BCUT2D eigenvalue weighted by atomic mass is 10.1. The fourth-order valence-electron chi connectivity index (χ4n) is 2.73. The van der Waals surface area contributed by atoms with Gasteiger partial charge < -0.3 is 14.5 Å². The predicted molar refractivity (Wildman–Crippen MR) is 101 cm³/mol. The highest BCUT2D eigenvalue weighted by atomic mass is 19.1. The first-order valence-corrected chi connectivity index (χ1v) is 8.58. The lowest BCUT2D eigenvalue weighted by Gasteiger charge is -2.13. The zero-order chi connectivity index (χ0) is 20.4. The van der Waals surface area contributed by atoms with Crippen molar-refractivity contribution < 1.29 is 27.9 Å². The van der Waals surface area contributed by atoms with E-state index in [4.69, 9.17) is 9.15 Å². The Morgan fingerprint density at radius 3 is 2.54 bits per heavy atom. The van der Waals surface area contributed by atoms with Gasteiger partial charge in [-0.05, 0) is 39.0 Å². The number of hydrogen-bond donors (Lipinski definition) is 1. The summed E-state index contributed by atoms with van der Waals surface area (Å²) in [5, 5.41) is 3.05. The van der Waals surface area contributed by atoms with Crippen LogP contribution >= 0.6 is 0 Å². The van der Waals surface area contributed by atoms with Crippen LogP contribution in [0.25, 0.3) is 11.0 Å². The number of nitrogens with one attached hydrogen (secondary N) is 1. The Balaban J connectivity index is 1.73. The number of para-hydroxylation sites is 1. The molecule has 0 saturated carbocycles. The third-order valence-corrected chi connectivity index (χ3v) is 4.29. The van der Waals surface area contributed by atoms with Crippen molar-refractivity contribution in [3.63, 3.8) is 0 Å². The van der Waals surface area contributed by atoms with Gasteiger partial charge in [0.15, 0.2) is 23.3 Å². The second-order valence-electron chi connectivity index (χ2n) is 6.35. The highest BCUT2D eigenvalue weighted by Crippen LogP contribution is 2.28. The highest BCUT2D eigenvalue weighted by Gasteiger charge is 2.25. The van der Waals surface area contributed by atoms with Gasteiger partial charge in [-0.15, -0.1) is 0 Å². The number of anilines is 1. The van der Waals surface area contributed by atoms with Gasteiger partial charge in [0, 0.05) is 22.2 Å². The fraction of sp³-hybridized carbons (Fsp3) is 0.190. The second kappa shape index (κ2) is 7.64. The minimum Gasteiger partial charge on any atom is -0.447 e. The summed E-state index contributed by atoms with van der Waals surface area (Å²) in [6.07, 6.45) is -1.13. The first kappa shape index (κ1) is 19.3. The van der Waals surface area contributed by atoms with Crippen molar-refractivity contribution in [3.8, 4) is 0 Å². The van der Waals surface area contributed by atoms with E-state index >= 15 is 0 Å². The molecule has 6 nitrogen and oxygen atoms in total. The molecule has 1 atom stereocenters. The van der Waals surface area contributed by atoms with Crippen LogP contribution in [-0.2, 0) is 9.53 Å². The molecule has 1 aromatic heterocycles. The zero-order valence-corrected chi connectivity index (χ0v) is 15.5. The number of aryl methyl sites for hydroxylation is 1. The molecule has 144 valence electrons. The number of rotatable bonds is 5. The van der Waals surface area contributed by atoms with Crippen LogP contribution in [0.4, 0.5) is 10.1 Å². The molecule has 0 aliphatic rings. The van der Waals surface area contributed by atoms with Crippen LogP contribution in [-0.4, -0.2) is 23.8 Å². The lowest BCUT2D eigenvalue weighted by molar-refractivity contribution is -0.123. The number of esters is 1. The number of furan rings is 1. The third kappa shape index (κ3) is 3.78. The van der Waals surface area contributed by atoms with Crippen LogP contribution in [0.1, 0.15) is 40.3 Å². The van der Waals surface area contributed by atoms with Crippen molar-refractivity contribution in [2.75, 3.05) is 5.32 Å². The van der Waals surface area contributed by atoms with Gasteiger partial charge in [-0.25, -0.2) is 9.18 Å². The minimum absolute atomic E-state index is 0.0369. The first-order chi connectivity index (χ1) is 13.3. The summed E-state index contributed by atoms with van der Waals surface area (Å²) in [5.41, 5.74) is 1.25. The molecule has 0 saturated heterocycles. The maximum Gasteiger partial charge on any atom is 0.375 e. The number of benzene rings is 2. The molecule has 28 heavy (non-hydrogen) atoms. The molecular formula is C21H18FNO5. The zero-order valence-electron chi connectivity index (χ0n) is 15.5. The Morgan fingerprint density at radius 2 is 1.86 bits per heavy atom. The van der Waals surface area contributed by atoms with Crippen molar-refractivity contribution in [1.82, 2.24) is 0 Å². The molecule has 0 fully saturated rings. The predicted octanol–water partition coefficient (Wildman–Crippen LogP) is 4.27. The van der Waals surface area contributed by atoms with Crippen LogP contribution in [0.2, 0.25) is 0 Å². The number of amides is 1. The summed E-state index contributed by atoms with van der Waals surface area (Å²) in [4.78, 5) is 36.1. The third-order valence-electron chi connectivity index (χ3n) is 4.29. The summed E-state index contributed by atoms with van der Waals surface area (Å²) in [7, 11) is 0. The average Bonchev–Trinajstić information content (AvgIpc) is 3.00. The molecule has 0 radical (unpaired) electrons. The smallest absolute Gasteiger partial charge is 0.375 e. The van der Waals surface area contributed by atoms with Gasteiger partial charge in [0.1, 0.15) is 0 Å². The Hall–Kier alpha value is -3.48. The molecule has 2 aromatic carbocycles. The van der Waals surface area contributed by atoms with Crippen LogP contribution in [0, 0.1) is 12.7 Å². The lowest BCUT2D eigenvalue weighted by Crippen LogP contribution is -2.30. The standard InChI is InChI=1S/C21H18FNO5/c1-11-16-8-5-9-17(22)19(16)28-18(11)21(26)27-13(3)20(25)23-15-7-4-6-14(10-15)12(2)24/h4-10,13H,1-3H3,(H,23,25). The van der Waals surface area contributed by atoms with E-state index in [2.05, 4.69) is 5.32 Å². The van der Waals surface area contributed by atoms with Crippen LogP contribution in [0.5, 0.6) is 0 Å². The summed E-state index contributed by atoms with van der Waals surface area (Å²) in [6, 6.07) is 10.8. The number of Topliss-reactive ketones (excluding diaryl/α,β-unsaturated/α-hetero) is 1. The highest BCUT2D eigenvalue weighted by molar-refractivity contribution is 6.00. The van der Waals surface area contributed by atoms with Crippen LogP contribution in [0.15, 0.2) is 46.9 Å². The Labute approximate surface area is 160 Å². The SMILES string of the molecule is CC(=O)c1cccc(NC(=O)C(C)OC(=O)c2oc3c(F)cccc3c2C)c1. The van der Waals surface area contributed by atoms with Gasteiger partial charge in [-0.3, -0.25) is 9.59 Å². The van der Waals surface area contributed by atoms with E-state index in [9.17, 15) is 18.8 Å². The Kier molecular flexibility index (Phi) is 5.26. The van der Waals surface area contributed by atoms with Crippen molar-refractivity contribution in [3.05, 3.63) is 65.2 Å². The molecule has 1 heterocycles. The quantitative estimate of drug-likeness (QED) is 0.525. The Bertz CT molecular complexity index is 1090. The van der Waals surface area contributed by atoms with Gasteiger partial charge >= 0.3 is 5.97 Å². The maximum atomic E-state index is 13.8. The number of ketones is 1. The van der Waals surface area contributed by atoms with Gasteiger partial charge in [0.05, 0.1) is 0 Å². The van der Waals surface area contributed by atoms with Gasteiger partial charge in [0.25, 0.3) is 5.91 Å². The van der Waals surface area contributed by atoms with E-state index in [1.807, 2.05) is 0 Å². The van der Waals surface area contributed by atoms with E-state index < -0.39 is 23.8 Å². The summed E-state index contributed by atoms with van der Waals surface area (Å²) in [6.45, 7) is 4.43. The largest absolute Gasteiger partial charge is 0.447 e. The second-order valence-corrected chi connectivity index (χ2v) is 6.35. The molecule has 1 amide bonds. The number of fused-ring (bicyclic) bond motifs is 1. The van der Waals surface area contributed by atoms with Crippen molar-refractivity contribution in [2.45, 2.75) is 26.9 Å². The summed E-state index contributed by atoms with van der Waals surface area (Å²) >= 11 is 0. The molecule has 3 rings (SSSR count). The molecule has 0 spiro atoms. The van der Waals surface area contributed by atoms with Crippen molar-refractivity contribution in [2.24, 2.45) is 0 Å². The molecule has 0 aliphatic heterocycles. The molecule has 7 heteroatoms. The van der Waals surface area contributed by atoms with Crippen LogP contribution in [0.3, 0.4) is 0 Å². The van der Waals surface area contributed by atoms with E-state index in [1.165, 1.54) is 32.0 Å². The van der Waals surface area contributed by atoms with E-state index in [0.29, 0.717) is 22.2 Å². The fourth-order valence-corrected chi connectivity index (χ4v) is 2.73. The van der Waals surface area contributed by atoms with Crippen molar-refractivity contribution >= 4 is 34.3 Å².